The van der Waals surface area contributed by atoms with Crippen molar-refractivity contribution in [3.8, 4) is 0 Å². The average molecular weight is 363 g/mol. The summed E-state index contributed by atoms with van der Waals surface area (Å²) < 4.78 is -0.0367. The standard InChI is InChI=1S/C22H21NO2S/c24-21(20-15-18-8-4-5-9-19(18)22(25)26-20)23-12-10-17(11-13-23)14-16-6-2-1-3-7-16/h1-9,15,17H,10-14H2. The Labute approximate surface area is 156 Å². The lowest BCUT2D eigenvalue weighted by Crippen LogP contribution is -2.38. The van der Waals surface area contributed by atoms with Crippen molar-refractivity contribution in [2.45, 2.75) is 19.3 Å². The fourth-order valence-electron chi connectivity index (χ4n) is 3.68. The Bertz CT molecular complexity index is 972. The lowest BCUT2D eigenvalue weighted by Gasteiger charge is -2.32. The third-order valence-corrected chi connectivity index (χ3v) is 6.07. The van der Waals surface area contributed by atoms with Gasteiger partial charge >= 0.3 is 0 Å². The van der Waals surface area contributed by atoms with Gasteiger partial charge in [-0.1, -0.05) is 59.9 Å². The van der Waals surface area contributed by atoms with Gasteiger partial charge in [0.15, 0.2) is 0 Å². The number of piperidine rings is 1. The van der Waals surface area contributed by atoms with Crippen molar-refractivity contribution < 1.29 is 4.79 Å². The first-order valence-electron chi connectivity index (χ1n) is 9.07. The van der Waals surface area contributed by atoms with Gasteiger partial charge in [0.05, 0.1) is 4.88 Å². The van der Waals surface area contributed by atoms with Gasteiger partial charge in [-0.25, -0.2) is 0 Å². The molecule has 3 nitrogen and oxygen atoms in total. The minimum Gasteiger partial charge on any atom is -0.338 e. The lowest BCUT2D eigenvalue weighted by atomic mass is 9.90. The van der Waals surface area contributed by atoms with E-state index in [0.717, 1.165) is 49.1 Å². The molecular formula is C22H21NO2S. The maximum absolute atomic E-state index is 12.9. The Hall–Kier alpha value is -2.46. The fourth-order valence-corrected chi connectivity index (χ4v) is 4.58. The number of nitrogens with zero attached hydrogens (tertiary/aromatic N) is 1. The molecule has 0 atom stereocenters. The fraction of sp³-hybridized carbons (Fsp3) is 0.273. The molecule has 3 aromatic rings. The van der Waals surface area contributed by atoms with Crippen molar-refractivity contribution in [2.75, 3.05) is 13.1 Å². The number of benzene rings is 2. The van der Waals surface area contributed by atoms with Crippen LogP contribution in [0.25, 0.3) is 10.8 Å². The van der Waals surface area contributed by atoms with Crippen molar-refractivity contribution >= 4 is 28.0 Å². The number of carbonyl (C=O) groups is 1. The van der Waals surface area contributed by atoms with E-state index in [1.807, 2.05) is 41.3 Å². The summed E-state index contributed by atoms with van der Waals surface area (Å²) in [6.07, 6.45) is 3.11. The molecule has 0 spiro atoms. The van der Waals surface area contributed by atoms with E-state index in [2.05, 4.69) is 24.3 Å². The van der Waals surface area contributed by atoms with Crippen LogP contribution in [0.1, 0.15) is 28.1 Å². The van der Waals surface area contributed by atoms with Crippen LogP contribution in [0.2, 0.25) is 0 Å². The van der Waals surface area contributed by atoms with E-state index in [1.54, 1.807) is 0 Å². The van der Waals surface area contributed by atoms with Gasteiger partial charge in [0.25, 0.3) is 5.91 Å². The maximum Gasteiger partial charge on any atom is 0.264 e. The highest BCUT2D eigenvalue weighted by atomic mass is 32.1. The van der Waals surface area contributed by atoms with Crippen LogP contribution in [-0.2, 0) is 6.42 Å². The topological polar surface area (TPSA) is 37.4 Å². The number of likely N-dealkylation sites (tertiary alicyclic amines) is 1. The minimum absolute atomic E-state index is 0.00369. The van der Waals surface area contributed by atoms with Crippen molar-refractivity contribution in [1.82, 2.24) is 4.90 Å². The summed E-state index contributed by atoms with van der Waals surface area (Å²) in [5.41, 5.74) is 1.37. The Balaban J connectivity index is 1.44. The second-order valence-electron chi connectivity index (χ2n) is 6.91. The van der Waals surface area contributed by atoms with Crippen molar-refractivity contribution in [2.24, 2.45) is 5.92 Å². The van der Waals surface area contributed by atoms with Gasteiger partial charge < -0.3 is 4.90 Å². The molecule has 2 heterocycles. The van der Waals surface area contributed by atoms with Crippen LogP contribution in [0.5, 0.6) is 0 Å². The highest BCUT2D eigenvalue weighted by Crippen LogP contribution is 2.24. The summed E-state index contributed by atoms with van der Waals surface area (Å²) in [6.45, 7) is 1.54. The molecule has 1 aliphatic heterocycles. The highest BCUT2D eigenvalue weighted by molar-refractivity contribution is 7.12. The Kier molecular flexibility index (Phi) is 4.85. The number of hydrogen-bond donors (Lipinski definition) is 0. The van der Waals surface area contributed by atoms with E-state index in [9.17, 15) is 9.59 Å². The van der Waals surface area contributed by atoms with Crippen LogP contribution in [0.4, 0.5) is 0 Å². The molecule has 0 saturated carbocycles. The zero-order chi connectivity index (χ0) is 17.9. The summed E-state index contributed by atoms with van der Waals surface area (Å²) >= 11 is 1.07. The SMILES string of the molecule is O=C(c1cc2ccccc2c(=O)s1)N1CCC(Cc2ccccc2)CC1. The number of carbonyl (C=O) groups excluding carboxylic acids is 1. The van der Waals surface area contributed by atoms with Crippen LogP contribution < -0.4 is 4.74 Å². The summed E-state index contributed by atoms with van der Waals surface area (Å²) in [6, 6.07) is 19.9. The number of hydrogen-bond acceptors (Lipinski definition) is 3. The predicted molar refractivity (Wildman–Crippen MR) is 107 cm³/mol. The first-order valence-corrected chi connectivity index (χ1v) is 9.88. The Morgan fingerprint density at radius 2 is 1.69 bits per heavy atom. The third-order valence-electron chi connectivity index (χ3n) is 5.15. The molecule has 0 bridgehead atoms. The van der Waals surface area contributed by atoms with Crippen molar-refractivity contribution in [3.05, 3.63) is 80.6 Å². The van der Waals surface area contributed by atoms with E-state index < -0.39 is 0 Å². The van der Waals surface area contributed by atoms with Crippen LogP contribution in [0.3, 0.4) is 0 Å². The minimum atomic E-state index is -0.0367. The molecule has 132 valence electrons. The molecule has 0 unspecified atom stereocenters. The summed E-state index contributed by atoms with van der Waals surface area (Å²) in [5.74, 6) is 0.618. The zero-order valence-corrected chi connectivity index (χ0v) is 15.4. The second kappa shape index (κ2) is 7.42. The van der Waals surface area contributed by atoms with E-state index in [0.29, 0.717) is 16.2 Å². The van der Waals surface area contributed by atoms with Crippen LogP contribution in [0, 0.1) is 5.92 Å². The molecule has 0 N–H and O–H groups in total. The predicted octanol–water partition coefficient (Wildman–Crippen LogP) is 4.36. The number of rotatable bonds is 3. The second-order valence-corrected chi connectivity index (χ2v) is 7.93. The molecular weight excluding hydrogens is 342 g/mol. The summed E-state index contributed by atoms with van der Waals surface area (Å²) in [7, 11) is 0. The normalized spacial score (nSPS) is 15.3. The van der Waals surface area contributed by atoms with Gasteiger partial charge in [0.2, 0.25) is 4.74 Å². The van der Waals surface area contributed by atoms with Crippen LogP contribution >= 0.6 is 11.3 Å². The summed E-state index contributed by atoms with van der Waals surface area (Å²) in [5, 5.41) is 1.54. The zero-order valence-electron chi connectivity index (χ0n) is 14.6. The molecule has 1 amide bonds. The Morgan fingerprint density at radius 3 is 2.46 bits per heavy atom. The van der Waals surface area contributed by atoms with Crippen LogP contribution in [-0.4, -0.2) is 23.9 Å². The van der Waals surface area contributed by atoms with Gasteiger partial charge in [-0.2, -0.15) is 0 Å². The van der Waals surface area contributed by atoms with Gasteiger partial charge in [-0.15, -0.1) is 0 Å². The van der Waals surface area contributed by atoms with E-state index in [1.165, 1.54) is 5.56 Å². The van der Waals surface area contributed by atoms with Gasteiger partial charge in [-0.05, 0) is 48.3 Å². The molecule has 0 radical (unpaired) electrons. The molecule has 0 aliphatic carbocycles. The van der Waals surface area contributed by atoms with Gasteiger partial charge in [0.1, 0.15) is 0 Å². The van der Waals surface area contributed by atoms with Crippen LogP contribution in [0.15, 0.2) is 65.5 Å². The van der Waals surface area contributed by atoms with E-state index in [4.69, 9.17) is 0 Å². The summed E-state index contributed by atoms with van der Waals surface area (Å²) in [4.78, 5) is 27.6. The molecule has 1 aliphatic rings. The largest absolute Gasteiger partial charge is 0.338 e. The molecule has 1 aromatic heterocycles. The number of amides is 1. The monoisotopic (exact) mass is 363 g/mol. The molecule has 2 aromatic carbocycles. The lowest BCUT2D eigenvalue weighted by molar-refractivity contribution is 0.0695. The van der Waals surface area contributed by atoms with Crippen molar-refractivity contribution in [1.29, 1.82) is 0 Å². The van der Waals surface area contributed by atoms with Crippen molar-refractivity contribution in [3.63, 3.8) is 0 Å². The van der Waals surface area contributed by atoms with Gasteiger partial charge in [0, 0.05) is 18.5 Å². The first-order chi connectivity index (χ1) is 12.7. The molecule has 1 saturated heterocycles. The molecule has 26 heavy (non-hydrogen) atoms. The molecule has 4 rings (SSSR count). The smallest absolute Gasteiger partial charge is 0.264 e. The number of fused-ring (bicyclic) bond motifs is 1. The maximum atomic E-state index is 12.9. The molecule has 1 fully saturated rings. The highest BCUT2D eigenvalue weighted by Gasteiger charge is 2.24. The quantitative estimate of drug-likeness (QED) is 0.693. The van der Waals surface area contributed by atoms with E-state index in [-0.39, 0.29) is 10.6 Å². The average Bonchev–Trinajstić information content (AvgIpc) is 2.69. The Morgan fingerprint density at radius 1 is 1.00 bits per heavy atom. The first kappa shape index (κ1) is 17.0. The van der Waals surface area contributed by atoms with E-state index >= 15 is 0 Å². The van der Waals surface area contributed by atoms with Gasteiger partial charge in [-0.3, -0.25) is 9.59 Å². The molecule has 4 heteroatoms. The third kappa shape index (κ3) is 3.56.